The van der Waals surface area contributed by atoms with Gasteiger partial charge in [0.1, 0.15) is 58.9 Å². The van der Waals surface area contributed by atoms with Crippen LogP contribution in [-0.2, 0) is 26.3 Å². The zero-order chi connectivity index (χ0) is 64.5. The first kappa shape index (κ1) is 61.7. The molecule has 14 rings (SSSR count). The predicted octanol–water partition coefficient (Wildman–Crippen LogP) is 18.1. The van der Waals surface area contributed by atoms with Crippen molar-refractivity contribution >= 4 is 71.5 Å². The number of carbonyl (C=O) groups is 2. The number of halogens is 1. The summed E-state index contributed by atoms with van der Waals surface area (Å²) in [6.45, 7) is 5.45. The molecule has 3 N–H and O–H groups in total. The molecule has 464 valence electrons. The number of benzene rings is 10. The van der Waals surface area contributed by atoms with Gasteiger partial charge in [0, 0.05) is 55.9 Å². The highest BCUT2D eigenvalue weighted by atomic mass is 79.9. The van der Waals surface area contributed by atoms with E-state index in [1.54, 1.807) is 62.8 Å². The average Bonchev–Trinajstić information content (AvgIpc) is 1.61. The molecule has 0 unspecified atom stereocenters. The molecule has 0 atom stereocenters. The van der Waals surface area contributed by atoms with Gasteiger partial charge in [-0.1, -0.05) is 121 Å². The van der Waals surface area contributed by atoms with Crippen molar-refractivity contribution in [3.63, 3.8) is 0 Å². The zero-order valence-electron chi connectivity index (χ0n) is 51.0. The van der Waals surface area contributed by atoms with E-state index >= 15 is 0 Å². The lowest BCUT2D eigenvalue weighted by atomic mass is 10.1. The zero-order valence-corrected chi connectivity index (χ0v) is 52.5. The van der Waals surface area contributed by atoms with Crippen molar-refractivity contribution in [2.75, 3.05) is 14.2 Å². The van der Waals surface area contributed by atoms with Gasteiger partial charge in [-0.15, -0.1) is 0 Å². The van der Waals surface area contributed by atoms with E-state index in [4.69, 9.17) is 37.6 Å². The fourth-order valence-electron chi connectivity index (χ4n) is 11.1. The Morgan fingerprint density at radius 3 is 1.39 bits per heavy atom. The summed E-state index contributed by atoms with van der Waals surface area (Å²) in [5.41, 5.74) is 9.80. The lowest BCUT2D eigenvalue weighted by Crippen LogP contribution is -2.02. The number of para-hydroxylation sites is 3. The number of hydrogen-bond donors (Lipinski definition) is 3. The van der Waals surface area contributed by atoms with Crippen molar-refractivity contribution in [2.45, 2.75) is 40.2 Å². The molecule has 0 saturated heterocycles. The van der Waals surface area contributed by atoms with E-state index in [9.17, 15) is 19.8 Å². The molecule has 16 nitrogen and oxygen atoms in total. The minimum absolute atomic E-state index is 0.105. The van der Waals surface area contributed by atoms with Gasteiger partial charge in [-0.05, 0) is 150 Å². The summed E-state index contributed by atoms with van der Waals surface area (Å²) in [5.74, 6) is 4.26. The number of nitrogens with zero attached hydrogens (tertiary/aromatic N) is 4. The van der Waals surface area contributed by atoms with Crippen molar-refractivity contribution in [1.29, 1.82) is 0 Å². The molecule has 0 aliphatic rings. The number of carboxylic acids is 2. The molecule has 0 spiro atoms. The van der Waals surface area contributed by atoms with Crippen LogP contribution in [0.15, 0.2) is 244 Å². The van der Waals surface area contributed by atoms with E-state index in [2.05, 4.69) is 53.2 Å². The normalized spacial score (nSPS) is 11.0. The summed E-state index contributed by atoms with van der Waals surface area (Å²) in [6.07, 6.45) is 0. The van der Waals surface area contributed by atoms with Gasteiger partial charge < -0.3 is 57.0 Å². The monoisotopic (exact) mass is 1300 g/mol. The molecular formula is C76H61BrN4O12. The third-order valence-corrected chi connectivity index (χ3v) is 16.4. The van der Waals surface area contributed by atoms with Gasteiger partial charge in [0.15, 0.2) is 23.0 Å². The molecular weight excluding hydrogens is 1240 g/mol. The molecule has 14 aromatic rings. The van der Waals surface area contributed by atoms with E-state index in [-0.39, 0.29) is 30.3 Å². The molecule has 0 radical (unpaired) electrons. The molecule has 0 saturated carbocycles. The third-order valence-electron chi connectivity index (χ3n) is 15.7. The van der Waals surface area contributed by atoms with Crippen LogP contribution in [-0.4, -0.2) is 60.6 Å². The second-order valence-electron chi connectivity index (χ2n) is 21.5. The van der Waals surface area contributed by atoms with E-state index < -0.39 is 11.9 Å². The molecule has 93 heavy (non-hydrogen) atoms. The number of oxazole rings is 2. The van der Waals surface area contributed by atoms with Crippen LogP contribution in [0.2, 0.25) is 0 Å². The van der Waals surface area contributed by atoms with Gasteiger partial charge in [0.05, 0.1) is 36.2 Å². The summed E-state index contributed by atoms with van der Waals surface area (Å²) in [6, 6.07) is 72.5. The first-order valence-electron chi connectivity index (χ1n) is 29.6. The number of aromatic carboxylic acids is 2. The molecule has 10 aromatic carbocycles. The van der Waals surface area contributed by atoms with Crippen LogP contribution in [0.3, 0.4) is 0 Å². The van der Waals surface area contributed by atoms with Gasteiger partial charge in [0.2, 0.25) is 11.8 Å². The number of hydrogen-bond acceptors (Lipinski definition) is 12. The maximum Gasteiger partial charge on any atom is 0.339 e. The Hall–Kier alpha value is -11.6. The molecule has 0 bridgehead atoms. The standard InChI is InChI=1S/C38H30N2O6.C31H26N2O4.C7H5BrO2/c1-24-29(39-37(45-24)26-11-4-3-5-12-26)23-44-33-20-19-25(21-35(33)43-2)22-40-30-15-8-6-13-27(30)36-31(40)16-10-18-34(36)46-32-17-9-7-14-28(32)38(41)42;1-20-24(32-31(37-20)22-9-4-3-5-10-22)19-36-28-16-15-21(17-29(28)35-2)18-33-25-12-7-6-11-23(25)30-26(33)13-8-14-27(30)34;8-6-4-2-1-3-5(6)7(9)10/h3-21H,22-23H2,1-2H3,(H,41,42);3-17,34H,18-19H2,1-2H3;1-4H,(H,9,10). The summed E-state index contributed by atoms with van der Waals surface area (Å²) in [5, 5.41) is 32.6. The number of phenols is 1. The van der Waals surface area contributed by atoms with Crippen LogP contribution in [0.5, 0.6) is 40.2 Å². The Bertz CT molecular complexity index is 5020. The smallest absolute Gasteiger partial charge is 0.339 e. The molecule has 0 aliphatic heterocycles. The van der Waals surface area contributed by atoms with Gasteiger partial charge in [-0.25, -0.2) is 19.6 Å². The SMILES string of the molecule is COc1cc(Cn2c3ccccc3c3c(O)cccc32)ccc1OCc1nc(-c2ccccc2)oc1C.COc1cc(Cn2c3ccccc3c3c(Oc4ccccc4C(=O)O)cccc32)ccc1OCc1nc(-c2ccccc2)oc1C.O=C(O)c1ccccc1Br. The number of phenolic OH excluding ortho intramolecular Hbond substituents is 1. The molecule has 4 heterocycles. The summed E-state index contributed by atoms with van der Waals surface area (Å²) < 4.78 is 46.7. The molecule has 4 aromatic heterocycles. The van der Waals surface area contributed by atoms with Crippen LogP contribution in [0.25, 0.3) is 66.5 Å². The summed E-state index contributed by atoms with van der Waals surface area (Å²) >= 11 is 3.12. The van der Waals surface area contributed by atoms with Gasteiger partial charge >= 0.3 is 11.9 Å². The number of fused-ring (bicyclic) bond motifs is 6. The van der Waals surface area contributed by atoms with Crippen molar-refractivity contribution in [3.05, 3.63) is 280 Å². The van der Waals surface area contributed by atoms with Crippen LogP contribution < -0.4 is 23.7 Å². The number of aryl methyl sites for hydroxylation is 2. The lowest BCUT2D eigenvalue weighted by Gasteiger charge is -2.14. The van der Waals surface area contributed by atoms with Gasteiger partial charge in [-0.3, -0.25) is 0 Å². The summed E-state index contributed by atoms with van der Waals surface area (Å²) in [4.78, 5) is 31.5. The largest absolute Gasteiger partial charge is 0.507 e. The van der Waals surface area contributed by atoms with E-state index in [0.29, 0.717) is 69.4 Å². The molecule has 17 heteroatoms. The Morgan fingerprint density at radius 1 is 0.452 bits per heavy atom. The van der Waals surface area contributed by atoms with Crippen LogP contribution in [0, 0.1) is 13.8 Å². The molecule has 0 amide bonds. The maximum atomic E-state index is 11.8. The van der Waals surface area contributed by atoms with E-state index in [0.717, 1.165) is 83.0 Å². The van der Waals surface area contributed by atoms with Crippen molar-refractivity contribution in [2.24, 2.45) is 0 Å². The number of aromatic hydroxyl groups is 1. The first-order chi connectivity index (χ1) is 45.3. The minimum Gasteiger partial charge on any atom is -0.507 e. The lowest BCUT2D eigenvalue weighted by molar-refractivity contribution is 0.0684. The summed E-state index contributed by atoms with van der Waals surface area (Å²) in [7, 11) is 3.26. The Labute approximate surface area is 542 Å². The first-order valence-corrected chi connectivity index (χ1v) is 30.4. The Kier molecular flexibility index (Phi) is 18.3. The highest BCUT2D eigenvalue weighted by Crippen LogP contribution is 2.41. The number of aromatic nitrogens is 4. The maximum absolute atomic E-state index is 11.8. The minimum atomic E-state index is -1.04. The van der Waals surface area contributed by atoms with Crippen molar-refractivity contribution in [3.8, 4) is 63.2 Å². The Morgan fingerprint density at radius 2 is 0.882 bits per heavy atom. The number of rotatable bonds is 18. The van der Waals surface area contributed by atoms with Crippen molar-refractivity contribution in [1.82, 2.24) is 19.1 Å². The van der Waals surface area contributed by atoms with Gasteiger partial charge in [0.25, 0.3) is 0 Å². The highest BCUT2D eigenvalue weighted by molar-refractivity contribution is 9.10. The van der Waals surface area contributed by atoms with E-state index in [1.165, 1.54) is 6.07 Å². The quantitative estimate of drug-likeness (QED) is 0.0732. The number of methoxy groups -OCH3 is 2. The van der Waals surface area contributed by atoms with Crippen LogP contribution >= 0.6 is 15.9 Å². The third kappa shape index (κ3) is 13.4. The van der Waals surface area contributed by atoms with E-state index in [1.807, 2.05) is 172 Å². The topological polar surface area (TPSA) is 203 Å². The fraction of sp³-hybridized carbons (Fsp3) is 0.105. The number of ether oxygens (including phenoxy) is 5. The number of carboxylic acid groups (broad SMARTS) is 2. The Balaban J connectivity index is 0.000000158. The highest BCUT2D eigenvalue weighted by Gasteiger charge is 2.21. The van der Waals surface area contributed by atoms with Crippen LogP contribution in [0.1, 0.15) is 54.8 Å². The second kappa shape index (κ2) is 27.7. The average molecular weight is 1300 g/mol. The second-order valence-corrected chi connectivity index (χ2v) is 22.4. The fourth-order valence-corrected chi connectivity index (χ4v) is 11.6. The molecule has 0 fully saturated rings. The van der Waals surface area contributed by atoms with Crippen molar-refractivity contribution < 1.29 is 57.4 Å². The predicted molar refractivity (Wildman–Crippen MR) is 361 cm³/mol. The molecule has 0 aliphatic carbocycles. The van der Waals surface area contributed by atoms with Gasteiger partial charge in [-0.2, -0.15) is 0 Å². The van der Waals surface area contributed by atoms with Crippen LogP contribution in [0.4, 0.5) is 0 Å².